The molecule has 0 atom stereocenters. The van der Waals surface area contributed by atoms with Crippen molar-refractivity contribution in [2.24, 2.45) is 5.73 Å². The number of carbonyl (C=O) groups excluding carboxylic acids is 1. The average Bonchev–Trinajstić information content (AvgIpc) is 2.03. The number of amides is 1. The normalized spacial score (nSPS) is 9.62. The Kier molecular flexibility index (Phi) is 2.27. The number of halogens is 1. The Balaban J connectivity index is 3.20. The van der Waals surface area contributed by atoms with Crippen LogP contribution in [0.4, 0.5) is 4.39 Å². The molecular weight excluding hydrogens is 177 g/mol. The lowest BCUT2D eigenvalue weighted by Gasteiger charge is -1.98. The number of hydrogen-bond acceptors (Lipinski definition) is 2. The molecule has 5 heteroatoms. The van der Waals surface area contributed by atoms with Gasteiger partial charge in [0.2, 0.25) is 5.91 Å². The SMILES string of the molecule is NC(=O)c1ccc(C(=O)O)c(F)c1. The molecule has 68 valence electrons. The minimum absolute atomic E-state index is 0.0532. The highest BCUT2D eigenvalue weighted by Gasteiger charge is 2.11. The van der Waals surface area contributed by atoms with Gasteiger partial charge in [-0.25, -0.2) is 9.18 Å². The molecule has 3 N–H and O–H groups in total. The maximum Gasteiger partial charge on any atom is 0.338 e. The first-order chi connectivity index (χ1) is 6.02. The Morgan fingerprint density at radius 3 is 2.38 bits per heavy atom. The molecule has 0 aliphatic heterocycles. The van der Waals surface area contributed by atoms with E-state index in [0.717, 1.165) is 18.2 Å². The molecule has 0 unspecified atom stereocenters. The molecule has 0 spiro atoms. The second-order valence-electron chi connectivity index (χ2n) is 2.36. The monoisotopic (exact) mass is 183 g/mol. The van der Waals surface area contributed by atoms with Crippen LogP contribution in [0.2, 0.25) is 0 Å². The summed E-state index contributed by atoms with van der Waals surface area (Å²) in [6, 6.07) is 2.96. The maximum atomic E-state index is 12.9. The van der Waals surface area contributed by atoms with Gasteiger partial charge in [-0.3, -0.25) is 4.79 Å². The van der Waals surface area contributed by atoms with E-state index in [9.17, 15) is 14.0 Å². The number of primary amides is 1. The number of rotatable bonds is 2. The Morgan fingerprint density at radius 2 is 2.00 bits per heavy atom. The first kappa shape index (κ1) is 9.18. The number of carboxylic acid groups (broad SMARTS) is 1. The fraction of sp³-hybridized carbons (Fsp3) is 0. The van der Waals surface area contributed by atoms with Crippen LogP contribution in [0.25, 0.3) is 0 Å². The van der Waals surface area contributed by atoms with Crippen molar-refractivity contribution in [2.75, 3.05) is 0 Å². The van der Waals surface area contributed by atoms with Gasteiger partial charge >= 0.3 is 5.97 Å². The van der Waals surface area contributed by atoms with E-state index in [2.05, 4.69) is 0 Å². The molecule has 0 saturated heterocycles. The molecule has 0 heterocycles. The number of nitrogens with two attached hydrogens (primary N) is 1. The highest BCUT2D eigenvalue weighted by Crippen LogP contribution is 2.09. The summed E-state index contributed by atoms with van der Waals surface area (Å²) in [4.78, 5) is 20.9. The van der Waals surface area contributed by atoms with Crippen molar-refractivity contribution < 1.29 is 19.1 Å². The van der Waals surface area contributed by atoms with Crippen molar-refractivity contribution in [3.63, 3.8) is 0 Å². The van der Waals surface area contributed by atoms with Gasteiger partial charge in [0.05, 0.1) is 5.56 Å². The van der Waals surface area contributed by atoms with Gasteiger partial charge < -0.3 is 10.8 Å². The molecule has 0 radical (unpaired) electrons. The molecule has 0 fully saturated rings. The molecule has 1 aromatic carbocycles. The Bertz CT molecular complexity index is 376. The zero-order valence-electron chi connectivity index (χ0n) is 6.45. The summed E-state index contributed by atoms with van der Waals surface area (Å²) < 4.78 is 12.9. The smallest absolute Gasteiger partial charge is 0.338 e. The number of benzene rings is 1. The quantitative estimate of drug-likeness (QED) is 0.705. The van der Waals surface area contributed by atoms with Crippen LogP contribution in [0.15, 0.2) is 18.2 Å². The van der Waals surface area contributed by atoms with Crippen LogP contribution < -0.4 is 5.73 Å². The highest BCUT2D eigenvalue weighted by atomic mass is 19.1. The summed E-state index contributed by atoms with van der Waals surface area (Å²) in [6.07, 6.45) is 0. The third-order valence-electron chi connectivity index (χ3n) is 1.48. The van der Waals surface area contributed by atoms with Crippen LogP contribution in [0, 0.1) is 5.82 Å². The third kappa shape index (κ3) is 1.81. The van der Waals surface area contributed by atoms with Crippen LogP contribution in [0.1, 0.15) is 20.7 Å². The number of carboxylic acids is 1. The van der Waals surface area contributed by atoms with Crippen LogP contribution in [-0.4, -0.2) is 17.0 Å². The zero-order chi connectivity index (χ0) is 10.0. The number of hydrogen-bond donors (Lipinski definition) is 2. The van der Waals surface area contributed by atoms with Gasteiger partial charge in [-0.2, -0.15) is 0 Å². The van der Waals surface area contributed by atoms with Gasteiger partial charge in [0.25, 0.3) is 0 Å². The lowest BCUT2D eigenvalue weighted by atomic mass is 10.1. The standard InChI is InChI=1S/C8H6FNO3/c9-6-3-4(7(10)11)1-2-5(6)8(12)13/h1-3H,(H2,10,11)(H,12,13). The predicted molar refractivity (Wildman–Crippen MR) is 41.9 cm³/mol. The summed E-state index contributed by atoms with van der Waals surface area (Å²) in [5.41, 5.74) is 4.32. The van der Waals surface area contributed by atoms with Crippen molar-refractivity contribution in [1.29, 1.82) is 0 Å². The summed E-state index contributed by atoms with van der Waals surface area (Å²) in [5.74, 6) is -3.15. The van der Waals surface area contributed by atoms with Crippen LogP contribution in [-0.2, 0) is 0 Å². The summed E-state index contributed by atoms with van der Waals surface area (Å²) in [6.45, 7) is 0. The van der Waals surface area contributed by atoms with Crippen molar-refractivity contribution in [3.8, 4) is 0 Å². The molecule has 1 rings (SSSR count). The highest BCUT2D eigenvalue weighted by molar-refractivity contribution is 5.94. The van der Waals surface area contributed by atoms with Gasteiger partial charge in [-0.15, -0.1) is 0 Å². The van der Waals surface area contributed by atoms with Gasteiger partial charge in [0.1, 0.15) is 5.82 Å². The van der Waals surface area contributed by atoms with Crippen LogP contribution in [0.5, 0.6) is 0 Å². The molecule has 0 saturated carbocycles. The predicted octanol–water partition coefficient (Wildman–Crippen LogP) is 0.623. The van der Waals surface area contributed by atoms with E-state index in [1.54, 1.807) is 0 Å². The molecule has 4 nitrogen and oxygen atoms in total. The van der Waals surface area contributed by atoms with E-state index >= 15 is 0 Å². The minimum Gasteiger partial charge on any atom is -0.478 e. The maximum absolute atomic E-state index is 12.9. The summed E-state index contributed by atoms with van der Waals surface area (Å²) in [5, 5.41) is 8.44. The summed E-state index contributed by atoms with van der Waals surface area (Å²) in [7, 11) is 0. The molecule has 1 aromatic rings. The lowest BCUT2D eigenvalue weighted by Crippen LogP contribution is -2.12. The van der Waals surface area contributed by atoms with Crippen molar-refractivity contribution >= 4 is 11.9 Å². The van der Waals surface area contributed by atoms with E-state index in [-0.39, 0.29) is 5.56 Å². The molecule has 1 amide bonds. The minimum atomic E-state index is -1.38. The first-order valence-corrected chi connectivity index (χ1v) is 3.35. The van der Waals surface area contributed by atoms with Crippen LogP contribution in [0.3, 0.4) is 0 Å². The fourth-order valence-corrected chi connectivity index (χ4v) is 0.842. The van der Waals surface area contributed by atoms with E-state index < -0.39 is 23.3 Å². The first-order valence-electron chi connectivity index (χ1n) is 3.35. The fourth-order valence-electron chi connectivity index (χ4n) is 0.842. The third-order valence-corrected chi connectivity index (χ3v) is 1.48. The molecule has 0 bridgehead atoms. The van der Waals surface area contributed by atoms with E-state index in [0.29, 0.717) is 0 Å². The van der Waals surface area contributed by atoms with E-state index in [1.807, 2.05) is 0 Å². The van der Waals surface area contributed by atoms with Gasteiger partial charge in [0, 0.05) is 5.56 Å². The molecule has 0 aliphatic rings. The lowest BCUT2D eigenvalue weighted by molar-refractivity contribution is 0.0691. The van der Waals surface area contributed by atoms with Crippen molar-refractivity contribution in [2.45, 2.75) is 0 Å². The van der Waals surface area contributed by atoms with Gasteiger partial charge in [-0.1, -0.05) is 0 Å². The molecule has 0 aliphatic carbocycles. The second kappa shape index (κ2) is 3.22. The zero-order valence-corrected chi connectivity index (χ0v) is 6.45. The molecule has 13 heavy (non-hydrogen) atoms. The van der Waals surface area contributed by atoms with E-state index in [1.165, 1.54) is 0 Å². The van der Waals surface area contributed by atoms with E-state index in [4.69, 9.17) is 10.8 Å². The number of aromatic carboxylic acids is 1. The second-order valence-corrected chi connectivity index (χ2v) is 2.36. The van der Waals surface area contributed by atoms with Crippen molar-refractivity contribution in [1.82, 2.24) is 0 Å². The Morgan fingerprint density at radius 1 is 1.38 bits per heavy atom. The molecular formula is C8H6FNO3. The Hall–Kier alpha value is -1.91. The van der Waals surface area contributed by atoms with Crippen LogP contribution >= 0.6 is 0 Å². The van der Waals surface area contributed by atoms with Gasteiger partial charge in [-0.05, 0) is 18.2 Å². The summed E-state index contributed by atoms with van der Waals surface area (Å²) >= 11 is 0. The Labute approximate surface area is 72.8 Å². The van der Waals surface area contributed by atoms with Gasteiger partial charge in [0.15, 0.2) is 0 Å². The molecule has 0 aromatic heterocycles. The number of carbonyl (C=O) groups is 2. The topological polar surface area (TPSA) is 80.4 Å². The largest absolute Gasteiger partial charge is 0.478 e. The average molecular weight is 183 g/mol. The van der Waals surface area contributed by atoms with Crippen molar-refractivity contribution in [3.05, 3.63) is 35.1 Å².